The molecule has 1 aliphatic rings. The van der Waals surface area contributed by atoms with E-state index in [2.05, 4.69) is 16.0 Å². The molecule has 0 radical (unpaired) electrons. The lowest BCUT2D eigenvalue weighted by atomic mass is 9.80. The Balaban J connectivity index is 0.00000166. The Bertz CT molecular complexity index is 1080. The van der Waals surface area contributed by atoms with Crippen LogP contribution in [0.5, 0.6) is 0 Å². The van der Waals surface area contributed by atoms with Crippen LogP contribution < -0.4 is 11.5 Å². The van der Waals surface area contributed by atoms with Crippen molar-refractivity contribution >= 4 is 11.6 Å². The topological polar surface area (TPSA) is 132 Å². The van der Waals surface area contributed by atoms with Crippen LogP contribution in [0.2, 0.25) is 0 Å². The average Bonchev–Trinajstić information content (AvgIpc) is 3.27. The Morgan fingerprint density at radius 2 is 1.97 bits per heavy atom. The molecule has 8 nitrogen and oxygen atoms in total. The fraction of sp³-hybridized carbons (Fsp3) is 0.304. The van der Waals surface area contributed by atoms with Crippen molar-refractivity contribution in [1.29, 1.82) is 5.26 Å². The third-order valence-corrected chi connectivity index (χ3v) is 4.89. The maximum absolute atomic E-state index is 11.6. The van der Waals surface area contributed by atoms with E-state index in [0.717, 1.165) is 22.5 Å². The van der Waals surface area contributed by atoms with Crippen molar-refractivity contribution in [1.82, 2.24) is 9.55 Å². The molecule has 0 spiro atoms. The summed E-state index contributed by atoms with van der Waals surface area (Å²) in [4.78, 5) is 19.9. The first-order valence-corrected chi connectivity index (χ1v) is 10.1. The lowest BCUT2D eigenvalue weighted by Gasteiger charge is -2.29. The number of hydrogen-bond acceptors (Lipinski definition) is 6. The number of amides is 1. The Kier molecular flexibility index (Phi) is 7.75. The number of aliphatic imine (C=N–C) groups is 1. The molecule has 0 bridgehead atoms. The second kappa shape index (κ2) is 10.3. The molecule has 0 saturated carbocycles. The summed E-state index contributed by atoms with van der Waals surface area (Å²) in [6.07, 6.45) is 3.87. The van der Waals surface area contributed by atoms with Crippen molar-refractivity contribution in [3.05, 3.63) is 70.8 Å². The molecule has 162 valence electrons. The van der Waals surface area contributed by atoms with Crippen LogP contribution in [0.15, 0.2) is 64.4 Å². The Labute approximate surface area is 182 Å². The minimum atomic E-state index is -0.612. The van der Waals surface area contributed by atoms with Gasteiger partial charge in [0.25, 0.3) is 5.91 Å². The molecule has 1 aliphatic heterocycles. The van der Waals surface area contributed by atoms with Crippen molar-refractivity contribution in [2.24, 2.45) is 16.5 Å². The standard InChI is InChI=1S/C21H22N6O2.C2H6/c1-4-16(25-3)17-12(2)29-20(24)15(11-22)18(17)13-5-7-14(8-6-13)27-10-9-26-21(27)19(23)28;1-2/h5-10,18H,4,24H2,1-3H3,(H2,23,28);1-2H3. The largest absolute Gasteiger partial charge is 0.445 e. The number of benzene rings is 1. The number of nitrogens with two attached hydrogens (primary N) is 2. The number of imidazole rings is 1. The number of aromatic nitrogens is 2. The van der Waals surface area contributed by atoms with Crippen LogP contribution in [0.4, 0.5) is 0 Å². The average molecular weight is 421 g/mol. The van der Waals surface area contributed by atoms with Crippen molar-refractivity contribution < 1.29 is 9.53 Å². The van der Waals surface area contributed by atoms with Gasteiger partial charge >= 0.3 is 0 Å². The zero-order valence-electron chi connectivity index (χ0n) is 18.5. The fourth-order valence-corrected chi connectivity index (χ4v) is 3.58. The van der Waals surface area contributed by atoms with E-state index in [9.17, 15) is 10.1 Å². The van der Waals surface area contributed by atoms with Gasteiger partial charge < -0.3 is 16.2 Å². The predicted molar refractivity (Wildman–Crippen MR) is 120 cm³/mol. The highest BCUT2D eigenvalue weighted by Gasteiger charge is 2.33. The highest BCUT2D eigenvalue weighted by molar-refractivity contribution is 6.02. The van der Waals surface area contributed by atoms with E-state index < -0.39 is 5.91 Å². The van der Waals surface area contributed by atoms with Gasteiger partial charge in [-0.1, -0.05) is 32.9 Å². The van der Waals surface area contributed by atoms with E-state index in [1.54, 1.807) is 17.8 Å². The Morgan fingerprint density at radius 1 is 1.32 bits per heavy atom. The molecule has 8 heteroatoms. The zero-order valence-corrected chi connectivity index (χ0v) is 18.5. The van der Waals surface area contributed by atoms with Gasteiger partial charge in [0, 0.05) is 36.4 Å². The highest BCUT2D eigenvalue weighted by atomic mass is 16.5. The number of carbonyl (C=O) groups excluding carboxylic acids is 1. The molecular weight excluding hydrogens is 392 g/mol. The maximum atomic E-state index is 11.6. The number of allylic oxidation sites excluding steroid dienone is 3. The van der Waals surface area contributed by atoms with E-state index in [1.165, 1.54) is 6.20 Å². The van der Waals surface area contributed by atoms with Gasteiger partial charge in [0.2, 0.25) is 11.7 Å². The molecule has 2 heterocycles. The highest BCUT2D eigenvalue weighted by Crippen LogP contribution is 2.40. The van der Waals surface area contributed by atoms with Gasteiger partial charge in [0.15, 0.2) is 0 Å². The van der Waals surface area contributed by atoms with E-state index in [-0.39, 0.29) is 17.6 Å². The SMILES string of the molecule is CC.CCC(=NC)C1=C(C)OC(N)=C(C#N)C1c1ccc(-n2ccnc2C(N)=O)cc1. The number of hydrogen-bond donors (Lipinski definition) is 2. The minimum Gasteiger partial charge on any atom is -0.445 e. The molecule has 1 unspecified atom stereocenters. The number of nitrogens with zero attached hydrogens (tertiary/aromatic N) is 4. The second-order valence-electron chi connectivity index (χ2n) is 6.50. The van der Waals surface area contributed by atoms with E-state index in [1.807, 2.05) is 52.0 Å². The molecule has 1 aromatic carbocycles. The molecular formula is C23H28N6O2. The monoisotopic (exact) mass is 420 g/mol. The molecule has 2 aromatic rings. The van der Waals surface area contributed by atoms with Crippen LogP contribution in [0.25, 0.3) is 5.69 Å². The van der Waals surface area contributed by atoms with Crippen molar-refractivity contribution in [3.8, 4) is 11.8 Å². The van der Waals surface area contributed by atoms with E-state index in [4.69, 9.17) is 16.2 Å². The first-order chi connectivity index (χ1) is 14.9. The number of carbonyl (C=O) groups is 1. The number of rotatable bonds is 5. The summed E-state index contributed by atoms with van der Waals surface area (Å²) in [5, 5.41) is 9.73. The van der Waals surface area contributed by atoms with Gasteiger partial charge in [-0.25, -0.2) is 4.98 Å². The summed E-state index contributed by atoms with van der Waals surface area (Å²) < 4.78 is 7.24. The molecule has 0 fully saturated rings. The smallest absolute Gasteiger partial charge is 0.285 e. The van der Waals surface area contributed by atoms with Gasteiger partial charge in [-0.3, -0.25) is 14.4 Å². The third-order valence-electron chi connectivity index (χ3n) is 4.89. The maximum Gasteiger partial charge on any atom is 0.285 e. The first kappa shape index (κ1) is 23.4. The minimum absolute atomic E-state index is 0.0972. The van der Waals surface area contributed by atoms with Gasteiger partial charge in [0.05, 0.1) is 5.92 Å². The Morgan fingerprint density at radius 3 is 2.48 bits per heavy atom. The number of primary amides is 1. The van der Waals surface area contributed by atoms with Crippen molar-refractivity contribution in [2.75, 3.05) is 7.05 Å². The third kappa shape index (κ3) is 4.51. The van der Waals surface area contributed by atoms with Crippen molar-refractivity contribution in [2.45, 2.75) is 40.0 Å². The molecule has 0 aliphatic carbocycles. The van der Waals surface area contributed by atoms with Crippen LogP contribution in [0, 0.1) is 11.3 Å². The quantitative estimate of drug-likeness (QED) is 0.714. The zero-order chi connectivity index (χ0) is 23.1. The van der Waals surface area contributed by atoms with Crippen LogP contribution >= 0.6 is 0 Å². The molecule has 1 atom stereocenters. The first-order valence-electron chi connectivity index (χ1n) is 10.1. The van der Waals surface area contributed by atoms with Crippen LogP contribution in [-0.4, -0.2) is 28.2 Å². The van der Waals surface area contributed by atoms with Crippen molar-refractivity contribution in [3.63, 3.8) is 0 Å². The summed E-state index contributed by atoms with van der Waals surface area (Å²) in [7, 11) is 1.72. The van der Waals surface area contributed by atoms with E-state index >= 15 is 0 Å². The summed E-state index contributed by atoms with van der Waals surface area (Å²) in [5.41, 5.74) is 15.0. The molecule has 3 rings (SSSR count). The predicted octanol–water partition coefficient (Wildman–Crippen LogP) is 3.56. The molecule has 0 saturated heterocycles. The molecule has 1 aromatic heterocycles. The van der Waals surface area contributed by atoms with Gasteiger partial charge in [-0.05, 0) is 31.0 Å². The fourth-order valence-electron chi connectivity index (χ4n) is 3.58. The second-order valence-corrected chi connectivity index (χ2v) is 6.50. The lowest BCUT2D eigenvalue weighted by molar-refractivity contribution is 0.0989. The molecule has 31 heavy (non-hydrogen) atoms. The van der Waals surface area contributed by atoms with Gasteiger partial charge in [0.1, 0.15) is 17.4 Å². The molecule has 1 amide bonds. The van der Waals surface area contributed by atoms with Crippen LogP contribution in [0.1, 0.15) is 56.2 Å². The lowest BCUT2D eigenvalue weighted by Crippen LogP contribution is -2.24. The normalized spacial score (nSPS) is 16.3. The Hall–Kier alpha value is -3.86. The van der Waals surface area contributed by atoms with E-state index in [0.29, 0.717) is 17.8 Å². The van der Waals surface area contributed by atoms with Crippen LogP contribution in [-0.2, 0) is 4.74 Å². The summed E-state index contributed by atoms with van der Waals surface area (Å²) in [6.45, 7) is 7.82. The summed E-state index contributed by atoms with van der Waals surface area (Å²) in [6, 6.07) is 9.64. The number of ether oxygens (including phenoxy) is 1. The van der Waals surface area contributed by atoms with Crippen LogP contribution in [0.3, 0.4) is 0 Å². The number of nitriles is 1. The van der Waals surface area contributed by atoms with Gasteiger partial charge in [-0.2, -0.15) is 5.26 Å². The molecule has 4 N–H and O–H groups in total. The summed E-state index contributed by atoms with van der Waals surface area (Å²) in [5.74, 6) is -0.129. The van der Waals surface area contributed by atoms with Gasteiger partial charge in [-0.15, -0.1) is 0 Å². The summed E-state index contributed by atoms with van der Waals surface area (Å²) >= 11 is 0.